The Morgan fingerprint density at radius 3 is 2.93 bits per heavy atom. The second-order valence-corrected chi connectivity index (χ2v) is 3.55. The van der Waals surface area contributed by atoms with E-state index in [1.807, 2.05) is 6.07 Å². The molecule has 0 aliphatic rings. The van der Waals surface area contributed by atoms with Crippen molar-refractivity contribution in [1.29, 1.82) is 5.26 Å². The summed E-state index contributed by atoms with van der Waals surface area (Å²) in [6.07, 6.45) is 0.160. The highest BCUT2D eigenvalue weighted by Crippen LogP contribution is 2.27. The first-order valence-corrected chi connectivity index (χ1v) is 5.10. The predicted molar refractivity (Wildman–Crippen MR) is 59.9 cm³/mol. The van der Waals surface area contributed by atoms with E-state index in [1.54, 1.807) is 25.1 Å². The van der Waals surface area contributed by atoms with Crippen molar-refractivity contribution in [2.24, 2.45) is 5.73 Å². The van der Waals surface area contributed by atoms with Crippen LogP contribution in [0.15, 0.2) is 18.2 Å². The topological polar surface area (TPSA) is 59.0 Å². The molecule has 0 fully saturated rings. The van der Waals surface area contributed by atoms with Gasteiger partial charge in [-0.2, -0.15) is 5.26 Å². The normalized spacial score (nSPS) is 11.9. The summed E-state index contributed by atoms with van der Waals surface area (Å²) in [5, 5.41) is 9.28. The van der Waals surface area contributed by atoms with Crippen LogP contribution in [-0.4, -0.2) is 12.6 Å². The van der Waals surface area contributed by atoms with Crippen LogP contribution >= 0.6 is 11.6 Å². The zero-order valence-electron chi connectivity index (χ0n) is 8.53. The SMILES string of the molecule is CC(C#N)Oc1cccc(Cl)c1CCN. The summed E-state index contributed by atoms with van der Waals surface area (Å²) < 4.78 is 5.43. The van der Waals surface area contributed by atoms with Crippen molar-refractivity contribution in [2.75, 3.05) is 6.54 Å². The van der Waals surface area contributed by atoms with Crippen molar-refractivity contribution in [3.8, 4) is 11.8 Å². The van der Waals surface area contributed by atoms with E-state index in [0.717, 1.165) is 5.56 Å². The van der Waals surface area contributed by atoms with Crippen LogP contribution in [0.4, 0.5) is 0 Å². The van der Waals surface area contributed by atoms with Gasteiger partial charge in [0.05, 0.1) is 0 Å². The highest BCUT2D eigenvalue weighted by atomic mass is 35.5. The van der Waals surface area contributed by atoms with E-state index in [1.165, 1.54) is 0 Å². The van der Waals surface area contributed by atoms with Crippen LogP contribution < -0.4 is 10.5 Å². The molecule has 3 nitrogen and oxygen atoms in total. The maximum Gasteiger partial charge on any atom is 0.181 e. The van der Waals surface area contributed by atoms with Gasteiger partial charge in [0.2, 0.25) is 0 Å². The Hall–Kier alpha value is -1.24. The molecule has 0 heterocycles. The smallest absolute Gasteiger partial charge is 0.181 e. The van der Waals surface area contributed by atoms with Crippen molar-refractivity contribution in [2.45, 2.75) is 19.4 Å². The molecule has 0 aliphatic carbocycles. The second kappa shape index (κ2) is 5.59. The number of rotatable bonds is 4. The zero-order valence-corrected chi connectivity index (χ0v) is 9.29. The summed E-state index contributed by atoms with van der Waals surface area (Å²) in [6.45, 7) is 2.19. The summed E-state index contributed by atoms with van der Waals surface area (Å²) in [6, 6.07) is 7.38. The molecule has 1 rings (SSSR count). The zero-order chi connectivity index (χ0) is 11.3. The number of nitriles is 1. The number of halogens is 1. The van der Waals surface area contributed by atoms with Gasteiger partial charge in [0.25, 0.3) is 0 Å². The summed E-state index contributed by atoms with van der Waals surface area (Å²) in [5.41, 5.74) is 6.35. The van der Waals surface area contributed by atoms with E-state index in [0.29, 0.717) is 23.7 Å². The largest absolute Gasteiger partial charge is 0.476 e. The molecule has 0 bridgehead atoms. The van der Waals surface area contributed by atoms with E-state index >= 15 is 0 Å². The molecule has 4 heteroatoms. The lowest BCUT2D eigenvalue weighted by Crippen LogP contribution is -2.11. The molecule has 0 aromatic heterocycles. The van der Waals surface area contributed by atoms with Gasteiger partial charge in [0.15, 0.2) is 6.10 Å². The third-order valence-electron chi connectivity index (χ3n) is 1.96. The van der Waals surface area contributed by atoms with E-state index in [2.05, 4.69) is 0 Å². The third kappa shape index (κ3) is 3.12. The molecule has 1 atom stereocenters. The summed E-state index contributed by atoms with van der Waals surface area (Å²) >= 11 is 6.02. The van der Waals surface area contributed by atoms with Crippen LogP contribution in [0.2, 0.25) is 5.02 Å². The molecule has 0 aliphatic heterocycles. The number of nitrogens with two attached hydrogens (primary N) is 1. The molecule has 0 amide bonds. The molecule has 1 aromatic carbocycles. The molecular formula is C11H13ClN2O. The Bertz CT molecular complexity index is 373. The highest BCUT2D eigenvalue weighted by molar-refractivity contribution is 6.31. The quantitative estimate of drug-likeness (QED) is 0.853. The van der Waals surface area contributed by atoms with Crippen molar-refractivity contribution in [1.82, 2.24) is 0 Å². The van der Waals surface area contributed by atoms with Gasteiger partial charge >= 0.3 is 0 Å². The average Bonchev–Trinajstić information content (AvgIpc) is 2.23. The Balaban J connectivity index is 2.96. The fourth-order valence-corrected chi connectivity index (χ4v) is 1.51. The van der Waals surface area contributed by atoms with Crippen molar-refractivity contribution in [3.05, 3.63) is 28.8 Å². The first kappa shape index (κ1) is 11.8. The Kier molecular flexibility index (Phi) is 4.41. The van der Waals surface area contributed by atoms with Crippen molar-refractivity contribution < 1.29 is 4.74 Å². The lowest BCUT2D eigenvalue weighted by molar-refractivity contribution is 0.274. The molecule has 80 valence electrons. The Labute approximate surface area is 94.4 Å². The van der Waals surface area contributed by atoms with Gasteiger partial charge in [-0.25, -0.2) is 0 Å². The van der Waals surface area contributed by atoms with Crippen molar-refractivity contribution >= 4 is 11.6 Å². The van der Waals surface area contributed by atoms with Gasteiger partial charge in [-0.15, -0.1) is 0 Å². The molecular weight excluding hydrogens is 212 g/mol. The molecule has 15 heavy (non-hydrogen) atoms. The predicted octanol–water partition coefficient (Wildman–Crippen LogP) is 2.13. The second-order valence-electron chi connectivity index (χ2n) is 3.14. The minimum atomic E-state index is -0.486. The molecule has 0 saturated carbocycles. The minimum Gasteiger partial charge on any atom is -0.476 e. The fraction of sp³-hybridized carbons (Fsp3) is 0.364. The number of hydrogen-bond donors (Lipinski definition) is 1. The number of nitrogens with zero attached hydrogens (tertiary/aromatic N) is 1. The van der Waals surface area contributed by atoms with Crippen LogP contribution in [0.3, 0.4) is 0 Å². The Morgan fingerprint density at radius 1 is 1.60 bits per heavy atom. The van der Waals surface area contributed by atoms with Gasteiger partial charge in [-0.1, -0.05) is 17.7 Å². The lowest BCUT2D eigenvalue weighted by Gasteiger charge is -2.13. The Morgan fingerprint density at radius 2 is 2.33 bits per heavy atom. The summed E-state index contributed by atoms with van der Waals surface area (Å²) in [7, 11) is 0. The number of benzene rings is 1. The van der Waals surface area contributed by atoms with Crippen LogP contribution in [-0.2, 0) is 6.42 Å². The maximum atomic E-state index is 8.65. The summed E-state index contributed by atoms with van der Waals surface area (Å²) in [4.78, 5) is 0. The fourth-order valence-electron chi connectivity index (χ4n) is 1.25. The van der Waals surface area contributed by atoms with Crippen LogP contribution in [0, 0.1) is 11.3 Å². The molecule has 1 aromatic rings. The van der Waals surface area contributed by atoms with E-state index in [-0.39, 0.29) is 0 Å². The number of hydrogen-bond acceptors (Lipinski definition) is 3. The van der Waals surface area contributed by atoms with Gasteiger partial charge < -0.3 is 10.5 Å². The number of ether oxygens (including phenoxy) is 1. The molecule has 1 unspecified atom stereocenters. The van der Waals surface area contributed by atoms with E-state index < -0.39 is 6.10 Å². The first-order chi connectivity index (χ1) is 7.19. The summed E-state index contributed by atoms with van der Waals surface area (Å²) in [5.74, 6) is 0.641. The highest BCUT2D eigenvalue weighted by Gasteiger charge is 2.09. The van der Waals surface area contributed by atoms with Gasteiger partial charge in [-0.05, 0) is 32.0 Å². The van der Waals surface area contributed by atoms with E-state index in [9.17, 15) is 0 Å². The van der Waals surface area contributed by atoms with Crippen LogP contribution in [0.5, 0.6) is 5.75 Å². The van der Waals surface area contributed by atoms with Crippen LogP contribution in [0.25, 0.3) is 0 Å². The lowest BCUT2D eigenvalue weighted by atomic mass is 10.1. The third-order valence-corrected chi connectivity index (χ3v) is 2.31. The first-order valence-electron chi connectivity index (χ1n) is 4.72. The standard InChI is InChI=1S/C11H13ClN2O/c1-8(7-14)15-11-4-2-3-10(12)9(11)5-6-13/h2-4,8H,5-6,13H2,1H3. The van der Waals surface area contributed by atoms with Crippen molar-refractivity contribution in [3.63, 3.8) is 0 Å². The van der Waals surface area contributed by atoms with E-state index in [4.69, 9.17) is 27.3 Å². The van der Waals surface area contributed by atoms with Crippen LogP contribution in [0.1, 0.15) is 12.5 Å². The molecule has 2 N–H and O–H groups in total. The van der Waals surface area contributed by atoms with Gasteiger partial charge in [0.1, 0.15) is 11.8 Å². The molecule has 0 saturated heterocycles. The van der Waals surface area contributed by atoms with Gasteiger partial charge in [-0.3, -0.25) is 0 Å². The molecule has 0 radical (unpaired) electrons. The molecule has 0 spiro atoms. The maximum absolute atomic E-state index is 8.65. The van der Waals surface area contributed by atoms with Gasteiger partial charge in [0, 0.05) is 10.6 Å². The minimum absolute atomic E-state index is 0.486. The monoisotopic (exact) mass is 224 g/mol. The average molecular weight is 225 g/mol.